The lowest BCUT2D eigenvalue weighted by Crippen LogP contribution is -2.48. The molecule has 0 aliphatic carbocycles. The Morgan fingerprint density at radius 2 is 2.13 bits per heavy atom. The summed E-state index contributed by atoms with van der Waals surface area (Å²) in [4.78, 5) is 20.2. The zero-order valence-electron chi connectivity index (χ0n) is 14.6. The third-order valence-corrected chi connectivity index (χ3v) is 4.33. The first-order valence-corrected chi connectivity index (χ1v) is 8.41. The van der Waals surface area contributed by atoms with Gasteiger partial charge in [-0.2, -0.15) is 0 Å². The van der Waals surface area contributed by atoms with Crippen LogP contribution < -0.4 is 5.32 Å². The zero-order chi connectivity index (χ0) is 15.9. The second-order valence-corrected chi connectivity index (χ2v) is 6.64. The van der Waals surface area contributed by atoms with Crippen molar-refractivity contribution in [3.05, 3.63) is 0 Å². The Kier molecular flexibility index (Phi) is 9.19. The number of amides is 1. The second kappa shape index (κ2) is 10.3. The van der Waals surface area contributed by atoms with Crippen LogP contribution in [0, 0.1) is 5.92 Å². The smallest absolute Gasteiger partial charge is 0.243 e. The van der Waals surface area contributed by atoms with Gasteiger partial charge >= 0.3 is 0 Å². The molecule has 0 aromatic heterocycles. The van der Waals surface area contributed by atoms with E-state index in [1.807, 2.05) is 0 Å². The van der Waals surface area contributed by atoms with Crippen LogP contribution in [0.3, 0.4) is 0 Å². The summed E-state index contributed by atoms with van der Waals surface area (Å²) in [6, 6.07) is 0. The molecule has 1 N–H and O–H groups in total. The first kappa shape index (κ1) is 20.5. The quantitative estimate of drug-likeness (QED) is 0.411. The molecule has 2 atom stereocenters. The van der Waals surface area contributed by atoms with Crippen LogP contribution in [0.5, 0.6) is 0 Å². The number of nitrogens with one attached hydrogen (secondary N) is 1. The number of likely N-dealkylation sites (tertiary alicyclic amines) is 1. The van der Waals surface area contributed by atoms with Crippen molar-refractivity contribution < 1.29 is 9.53 Å². The molecule has 0 aromatic rings. The molecule has 0 radical (unpaired) electrons. The van der Waals surface area contributed by atoms with Gasteiger partial charge in [-0.25, -0.2) is 4.99 Å². The highest BCUT2D eigenvalue weighted by molar-refractivity contribution is 14.0. The molecular weight excluding hydrogens is 407 g/mol. The van der Waals surface area contributed by atoms with E-state index in [1.54, 1.807) is 19.0 Å². The van der Waals surface area contributed by atoms with Crippen molar-refractivity contribution in [1.82, 2.24) is 15.1 Å². The van der Waals surface area contributed by atoms with Crippen LogP contribution in [0.1, 0.15) is 32.6 Å². The van der Waals surface area contributed by atoms with Crippen LogP contribution in [-0.4, -0.2) is 74.7 Å². The molecule has 2 aliphatic heterocycles. The van der Waals surface area contributed by atoms with Gasteiger partial charge in [-0.15, -0.1) is 24.0 Å². The molecule has 6 nitrogen and oxygen atoms in total. The summed E-state index contributed by atoms with van der Waals surface area (Å²) in [6.45, 7) is 6.13. The molecular formula is C16H31IN4O2. The highest BCUT2D eigenvalue weighted by atomic mass is 127. The van der Waals surface area contributed by atoms with Gasteiger partial charge in [-0.05, 0) is 31.6 Å². The lowest BCUT2D eigenvalue weighted by molar-refractivity contribution is -0.127. The van der Waals surface area contributed by atoms with Gasteiger partial charge in [0.1, 0.15) is 6.54 Å². The number of guanidine groups is 1. The van der Waals surface area contributed by atoms with E-state index < -0.39 is 0 Å². The van der Waals surface area contributed by atoms with Crippen molar-refractivity contribution >= 4 is 35.8 Å². The van der Waals surface area contributed by atoms with Gasteiger partial charge < -0.3 is 19.9 Å². The van der Waals surface area contributed by atoms with Crippen molar-refractivity contribution in [1.29, 1.82) is 0 Å². The minimum Gasteiger partial charge on any atom is -0.376 e. The Hall–Kier alpha value is -0.570. The van der Waals surface area contributed by atoms with Crippen molar-refractivity contribution in [3.8, 4) is 0 Å². The van der Waals surface area contributed by atoms with E-state index in [0.717, 1.165) is 45.0 Å². The Morgan fingerprint density at radius 3 is 2.74 bits per heavy atom. The molecule has 7 heteroatoms. The van der Waals surface area contributed by atoms with Crippen LogP contribution in [0.4, 0.5) is 0 Å². The number of ether oxygens (including phenoxy) is 1. The van der Waals surface area contributed by atoms with E-state index >= 15 is 0 Å². The van der Waals surface area contributed by atoms with E-state index in [9.17, 15) is 4.79 Å². The molecule has 2 saturated heterocycles. The van der Waals surface area contributed by atoms with Gasteiger partial charge in [0.05, 0.1) is 6.10 Å². The average molecular weight is 438 g/mol. The SMILES string of the molecule is CC1CCCN(C(=NCC(=O)N(C)C)NCC2CCCO2)C1.I. The van der Waals surface area contributed by atoms with E-state index in [-0.39, 0.29) is 42.5 Å². The number of carbonyl (C=O) groups is 1. The van der Waals surface area contributed by atoms with Gasteiger partial charge in [-0.3, -0.25) is 4.79 Å². The minimum absolute atomic E-state index is 0. The molecule has 2 unspecified atom stereocenters. The Bertz CT molecular complexity index is 398. The largest absolute Gasteiger partial charge is 0.376 e. The lowest BCUT2D eigenvalue weighted by Gasteiger charge is -2.34. The molecule has 1 amide bonds. The normalized spacial score (nSPS) is 25.0. The molecule has 0 spiro atoms. The van der Waals surface area contributed by atoms with E-state index in [1.165, 1.54) is 12.8 Å². The lowest BCUT2D eigenvalue weighted by atomic mass is 10.0. The number of aliphatic imine (C=N–C) groups is 1. The fourth-order valence-electron chi connectivity index (χ4n) is 2.94. The van der Waals surface area contributed by atoms with E-state index in [0.29, 0.717) is 5.92 Å². The minimum atomic E-state index is 0. The first-order valence-electron chi connectivity index (χ1n) is 8.41. The first-order chi connectivity index (χ1) is 10.6. The highest BCUT2D eigenvalue weighted by Crippen LogP contribution is 2.16. The van der Waals surface area contributed by atoms with Gasteiger partial charge in [0.2, 0.25) is 5.91 Å². The van der Waals surface area contributed by atoms with Gasteiger partial charge in [0.15, 0.2) is 5.96 Å². The summed E-state index contributed by atoms with van der Waals surface area (Å²) in [6.07, 6.45) is 4.97. The number of piperidine rings is 1. The Labute approximate surface area is 157 Å². The summed E-state index contributed by atoms with van der Waals surface area (Å²) < 4.78 is 5.66. The highest BCUT2D eigenvalue weighted by Gasteiger charge is 2.22. The van der Waals surface area contributed by atoms with Gasteiger partial charge in [0.25, 0.3) is 0 Å². The zero-order valence-corrected chi connectivity index (χ0v) is 16.9. The number of likely N-dealkylation sites (N-methyl/N-ethyl adjacent to an activating group) is 1. The predicted octanol–water partition coefficient (Wildman–Crippen LogP) is 1.55. The maximum absolute atomic E-state index is 11.8. The predicted molar refractivity (Wildman–Crippen MR) is 103 cm³/mol. The van der Waals surface area contributed by atoms with Gasteiger partial charge in [-0.1, -0.05) is 6.92 Å². The van der Waals surface area contributed by atoms with E-state index in [2.05, 4.69) is 22.1 Å². The molecule has 0 bridgehead atoms. The topological polar surface area (TPSA) is 57.2 Å². The second-order valence-electron chi connectivity index (χ2n) is 6.64. The number of rotatable bonds is 4. The Morgan fingerprint density at radius 1 is 1.35 bits per heavy atom. The van der Waals surface area contributed by atoms with Crippen molar-refractivity contribution in [2.75, 3.05) is 46.9 Å². The summed E-state index contributed by atoms with van der Waals surface area (Å²) in [5.41, 5.74) is 0. The molecule has 23 heavy (non-hydrogen) atoms. The van der Waals surface area contributed by atoms with Crippen molar-refractivity contribution in [2.45, 2.75) is 38.7 Å². The summed E-state index contributed by atoms with van der Waals surface area (Å²) in [7, 11) is 3.53. The van der Waals surface area contributed by atoms with Crippen LogP contribution >= 0.6 is 24.0 Å². The fourth-order valence-corrected chi connectivity index (χ4v) is 2.94. The maximum atomic E-state index is 11.8. The number of hydrogen-bond donors (Lipinski definition) is 1. The van der Waals surface area contributed by atoms with Crippen molar-refractivity contribution in [3.63, 3.8) is 0 Å². The molecule has 0 aromatic carbocycles. The maximum Gasteiger partial charge on any atom is 0.243 e. The average Bonchev–Trinajstić information content (AvgIpc) is 3.00. The molecule has 134 valence electrons. The molecule has 0 saturated carbocycles. The van der Waals surface area contributed by atoms with Crippen molar-refractivity contribution in [2.24, 2.45) is 10.9 Å². The summed E-state index contributed by atoms with van der Waals surface area (Å²) in [5.74, 6) is 1.56. The summed E-state index contributed by atoms with van der Waals surface area (Å²) in [5, 5.41) is 3.43. The molecule has 2 fully saturated rings. The third kappa shape index (κ3) is 6.82. The fraction of sp³-hybridized carbons (Fsp3) is 0.875. The van der Waals surface area contributed by atoms with Crippen LogP contribution in [-0.2, 0) is 9.53 Å². The molecule has 2 rings (SSSR count). The van der Waals surface area contributed by atoms with Crippen LogP contribution in [0.25, 0.3) is 0 Å². The molecule has 2 heterocycles. The number of nitrogens with zero attached hydrogens (tertiary/aromatic N) is 3. The summed E-state index contributed by atoms with van der Waals surface area (Å²) >= 11 is 0. The Balaban J connectivity index is 0.00000264. The monoisotopic (exact) mass is 438 g/mol. The van der Waals surface area contributed by atoms with Crippen LogP contribution in [0.15, 0.2) is 4.99 Å². The number of halogens is 1. The third-order valence-electron chi connectivity index (χ3n) is 4.33. The van der Waals surface area contributed by atoms with Crippen LogP contribution in [0.2, 0.25) is 0 Å². The van der Waals surface area contributed by atoms with Gasteiger partial charge in [0, 0.05) is 40.3 Å². The molecule has 2 aliphatic rings. The van der Waals surface area contributed by atoms with E-state index in [4.69, 9.17) is 4.74 Å². The standard InChI is InChI=1S/C16H30N4O2.HI/c1-13-6-4-8-20(12-13)16(18-11-15(21)19(2)3)17-10-14-7-5-9-22-14;/h13-14H,4-12H2,1-3H3,(H,17,18);1H. The number of carbonyl (C=O) groups excluding carboxylic acids is 1. The number of hydrogen-bond acceptors (Lipinski definition) is 3.